The molecule has 2 fully saturated rings. The number of carbonyl (C=O) groups is 1. The number of amides is 1. The molecule has 2 aliphatic rings. The highest BCUT2D eigenvalue weighted by atomic mass is 19.1. The summed E-state index contributed by atoms with van der Waals surface area (Å²) in [6.07, 6.45) is 2.76. The lowest BCUT2D eigenvalue weighted by Crippen LogP contribution is -2.39. The summed E-state index contributed by atoms with van der Waals surface area (Å²) in [6.45, 7) is 0.451. The molecule has 0 saturated heterocycles. The van der Waals surface area contributed by atoms with Gasteiger partial charge in [-0.2, -0.15) is 0 Å². The minimum absolute atomic E-state index is 0.00125. The molecule has 20 heavy (non-hydrogen) atoms. The quantitative estimate of drug-likeness (QED) is 0.866. The van der Waals surface area contributed by atoms with Gasteiger partial charge in [-0.25, -0.2) is 8.78 Å². The molecular weight excluding hydrogens is 262 g/mol. The van der Waals surface area contributed by atoms with E-state index in [-0.39, 0.29) is 29.3 Å². The number of benzene rings is 1. The molecule has 2 saturated carbocycles. The first kappa shape index (κ1) is 13.5. The standard InChI is InChI=1S/C15H18F2N2O/c16-11-2-1-3-12(17)14(11)9-6-10(9)15(20)19-7-13(18)8-4-5-8/h1-3,8-10,13H,4-7,18H2,(H,19,20). The van der Waals surface area contributed by atoms with Gasteiger partial charge in [-0.3, -0.25) is 4.79 Å². The maximum absolute atomic E-state index is 13.6. The van der Waals surface area contributed by atoms with Gasteiger partial charge in [0, 0.05) is 30.0 Å². The molecule has 5 heteroatoms. The third-order valence-corrected chi connectivity index (χ3v) is 4.24. The highest BCUT2D eigenvalue weighted by Crippen LogP contribution is 2.49. The van der Waals surface area contributed by atoms with Gasteiger partial charge in [0.2, 0.25) is 5.91 Å². The Labute approximate surface area is 116 Å². The van der Waals surface area contributed by atoms with Crippen LogP contribution in [0.2, 0.25) is 0 Å². The predicted octanol–water partition coefficient (Wildman–Crippen LogP) is 1.92. The summed E-state index contributed by atoms with van der Waals surface area (Å²) in [5.74, 6) is -1.43. The van der Waals surface area contributed by atoms with Crippen molar-refractivity contribution >= 4 is 5.91 Å². The lowest BCUT2D eigenvalue weighted by atomic mass is 10.1. The van der Waals surface area contributed by atoms with E-state index < -0.39 is 11.6 Å². The van der Waals surface area contributed by atoms with Crippen LogP contribution in [0.15, 0.2) is 18.2 Å². The zero-order valence-corrected chi connectivity index (χ0v) is 11.1. The first-order valence-electron chi connectivity index (χ1n) is 7.05. The lowest BCUT2D eigenvalue weighted by Gasteiger charge is -2.11. The molecule has 1 aromatic rings. The molecule has 1 amide bonds. The Morgan fingerprint density at radius 1 is 1.35 bits per heavy atom. The van der Waals surface area contributed by atoms with E-state index in [1.807, 2.05) is 0 Å². The molecule has 3 nitrogen and oxygen atoms in total. The van der Waals surface area contributed by atoms with E-state index in [1.165, 1.54) is 18.2 Å². The predicted molar refractivity (Wildman–Crippen MR) is 70.9 cm³/mol. The maximum atomic E-state index is 13.6. The Bertz CT molecular complexity index is 510. The minimum atomic E-state index is -0.569. The third-order valence-electron chi connectivity index (χ3n) is 4.24. The molecule has 0 aliphatic heterocycles. The number of nitrogens with one attached hydrogen (secondary N) is 1. The fourth-order valence-electron chi connectivity index (χ4n) is 2.71. The molecule has 1 aromatic carbocycles. The van der Waals surface area contributed by atoms with Crippen molar-refractivity contribution in [2.24, 2.45) is 17.6 Å². The summed E-state index contributed by atoms with van der Waals surface area (Å²) in [6, 6.07) is 3.80. The van der Waals surface area contributed by atoms with Crippen molar-refractivity contribution in [2.75, 3.05) is 6.54 Å². The summed E-state index contributed by atoms with van der Waals surface area (Å²) < 4.78 is 27.2. The second-order valence-corrected chi connectivity index (χ2v) is 5.83. The topological polar surface area (TPSA) is 55.1 Å². The molecule has 0 heterocycles. The molecule has 3 rings (SSSR count). The van der Waals surface area contributed by atoms with E-state index in [9.17, 15) is 13.6 Å². The van der Waals surface area contributed by atoms with Crippen LogP contribution in [0.25, 0.3) is 0 Å². The van der Waals surface area contributed by atoms with Gasteiger partial charge in [-0.15, -0.1) is 0 Å². The van der Waals surface area contributed by atoms with E-state index >= 15 is 0 Å². The number of halogens is 2. The normalized spacial score (nSPS) is 26.1. The van der Waals surface area contributed by atoms with Crippen LogP contribution in [0.3, 0.4) is 0 Å². The zero-order valence-electron chi connectivity index (χ0n) is 11.1. The molecular formula is C15H18F2N2O. The summed E-state index contributed by atoms with van der Waals surface area (Å²) in [5.41, 5.74) is 5.95. The van der Waals surface area contributed by atoms with Crippen molar-refractivity contribution in [3.8, 4) is 0 Å². The third kappa shape index (κ3) is 2.68. The first-order valence-corrected chi connectivity index (χ1v) is 7.05. The zero-order chi connectivity index (χ0) is 14.3. The number of hydrogen-bond acceptors (Lipinski definition) is 2. The Balaban J connectivity index is 1.56. The van der Waals surface area contributed by atoms with Crippen molar-refractivity contribution in [3.63, 3.8) is 0 Å². The molecule has 108 valence electrons. The molecule has 0 spiro atoms. The van der Waals surface area contributed by atoms with Crippen molar-refractivity contribution in [2.45, 2.75) is 31.2 Å². The van der Waals surface area contributed by atoms with Crippen LogP contribution >= 0.6 is 0 Å². The van der Waals surface area contributed by atoms with E-state index in [0.717, 1.165) is 12.8 Å². The number of nitrogens with two attached hydrogens (primary N) is 1. The van der Waals surface area contributed by atoms with E-state index in [2.05, 4.69) is 5.32 Å². The van der Waals surface area contributed by atoms with Gasteiger partial charge in [0.1, 0.15) is 11.6 Å². The SMILES string of the molecule is NC(CNC(=O)C1CC1c1c(F)cccc1F)C1CC1. The van der Waals surface area contributed by atoms with Gasteiger partial charge < -0.3 is 11.1 Å². The van der Waals surface area contributed by atoms with Crippen LogP contribution in [-0.2, 0) is 4.79 Å². The minimum Gasteiger partial charge on any atom is -0.354 e. The molecule has 0 bridgehead atoms. The second-order valence-electron chi connectivity index (χ2n) is 5.83. The number of rotatable bonds is 5. The van der Waals surface area contributed by atoms with E-state index in [4.69, 9.17) is 5.73 Å². The summed E-state index contributed by atoms with van der Waals surface area (Å²) in [4.78, 5) is 11.9. The average Bonchev–Trinajstić information content (AvgIpc) is 3.26. The largest absolute Gasteiger partial charge is 0.354 e. The second kappa shape index (κ2) is 5.13. The summed E-state index contributed by atoms with van der Waals surface area (Å²) in [5, 5.41) is 2.80. The van der Waals surface area contributed by atoms with Gasteiger partial charge in [0.25, 0.3) is 0 Å². The monoisotopic (exact) mass is 280 g/mol. The lowest BCUT2D eigenvalue weighted by molar-refractivity contribution is -0.122. The Hall–Kier alpha value is -1.49. The molecule has 0 aromatic heterocycles. The van der Waals surface area contributed by atoms with Crippen molar-refractivity contribution in [1.82, 2.24) is 5.32 Å². The molecule has 3 atom stereocenters. The van der Waals surface area contributed by atoms with Crippen LogP contribution in [0.1, 0.15) is 30.7 Å². The highest BCUT2D eigenvalue weighted by molar-refractivity contribution is 5.83. The van der Waals surface area contributed by atoms with E-state index in [1.54, 1.807) is 0 Å². The Morgan fingerprint density at radius 2 is 2.00 bits per heavy atom. The highest BCUT2D eigenvalue weighted by Gasteiger charge is 2.46. The van der Waals surface area contributed by atoms with Crippen LogP contribution in [-0.4, -0.2) is 18.5 Å². The van der Waals surface area contributed by atoms with Crippen LogP contribution in [0, 0.1) is 23.5 Å². The van der Waals surface area contributed by atoms with Gasteiger partial charge >= 0.3 is 0 Å². The van der Waals surface area contributed by atoms with Gasteiger partial charge in [-0.1, -0.05) is 6.07 Å². The van der Waals surface area contributed by atoms with Gasteiger partial charge in [0.15, 0.2) is 0 Å². The van der Waals surface area contributed by atoms with Crippen molar-refractivity contribution < 1.29 is 13.6 Å². The first-order chi connectivity index (χ1) is 9.58. The summed E-state index contributed by atoms with van der Waals surface area (Å²) >= 11 is 0. The smallest absolute Gasteiger partial charge is 0.223 e. The fraction of sp³-hybridized carbons (Fsp3) is 0.533. The molecule has 3 N–H and O–H groups in total. The van der Waals surface area contributed by atoms with Gasteiger partial charge in [-0.05, 0) is 37.3 Å². The fourth-order valence-corrected chi connectivity index (χ4v) is 2.71. The molecule has 2 aliphatic carbocycles. The molecule has 0 radical (unpaired) electrons. The van der Waals surface area contributed by atoms with Crippen molar-refractivity contribution in [3.05, 3.63) is 35.4 Å². The Kier molecular flexibility index (Phi) is 3.46. The van der Waals surface area contributed by atoms with Gasteiger partial charge in [0.05, 0.1) is 0 Å². The molecule has 3 unspecified atom stereocenters. The van der Waals surface area contributed by atoms with Crippen LogP contribution in [0.4, 0.5) is 8.78 Å². The number of carbonyl (C=O) groups excluding carboxylic acids is 1. The maximum Gasteiger partial charge on any atom is 0.223 e. The van der Waals surface area contributed by atoms with Crippen molar-refractivity contribution in [1.29, 1.82) is 0 Å². The van der Waals surface area contributed by atoms with Crippen LogP contribution in [0.5, 0.6) is 0 Å². The Morgan fingerprint density at radius 3 is 2.60 bits per heavy atom. The number of hydrogen-bond donors (Lipinski definition) is 2. The van der Waals surface area contributed by atoms with Crippen LogP contribution < -0.4 is 11.1 Å². The summed E-state index contributed by atoms with van der Waals surface area (Å²) in [7, 11) is 0. The van der Waals surface area contributed by atoms with E-state index in [0.29, 0.717) is 18.9 Å². The average molecular weight is 280 g/mol.